The van der Waals surface area contributed by atoms with Gasteiger partial charge in [-0.15, -0.1) is 0 Å². The number of benzene rings is 1. The predicted molar refractivity (Wildman–Crippen MR) is 97.1 cm³/mol. The monoisotopic (exact) mass is 374 g/mol. The molecule has 134 valence electrons. The molecule has 0 aliphatic heterocycles. The van der Waals surface area contributed by atoms with Gasteiger partial charge in [-0.05, 0) is 56.5 Å². The fourth-order valence-electron chi connectivity index (χ4n) is 2.17. The Balaban J connectivity index is 2.30. The van der Waals surface area contributed by atoms with Crippen molar-refractivity contribution in [1.29, 1.82) is 0 Å². The highest BCUT2D eigenvalue weighted by molar-refractivity contribution is 6.35. The lowest BCUT2D eigenvalue weighted by Gasteiger charge is -2.15. The minimum Gasteiger partial charge on any atom is -0.368 e. The zero-order valence-electron chi connectivity index (χ0n) is 13.5. The third kappa shape index (κ3) is 7.97. The van der Waals surface area contributed by atoms with Gasteiger partial charge in [0.25, 0.3) is 0 Å². The summed E-state index contributed by atoms with van der Waals surface area (Å²) in [6.07, 6.45) is 2.70. The number of nitrogens with one attached hydrogen (secondary N) is 2. The number of hydrogen-bond acceptors (Lipinski definition) is 4. The topological polar surface area (TPSA) is 110 Å². The molecular formula is C16H24Cl2N4O2. The molecule has 0 bridgehead atoms. The van der Waals surface area contributed by atoms with Crippen LogP contribution in [0.2, 0.25) is 10.0 Å². The Morgan fingerprint density at radius 1 is 1.21 bits per heavy atom. The van der Waals surface area contributed by atoms with Gasteiger partial charge in [-0.2, -0.15) is 0 Å². The van der Waals surface area contributed by atoms with Gasteiger partial charge in [0.15, 0.2) is 0 Å². The summed E-state index contributed by atoms with van der Waals surface area (Å²) >= 11 is 11.9. The maximum Gasteiger partial charge on any atom is 0.240 e. The van der Waals surface area contributed by atoms with Crippen LogP contribution in [0.15, 0.2) is 18.2 Å². The van der Waals surface area contributed by atoms with E-state index in [0.29, 0.717) is 36.0 Å². The Bertz CT molecular complexity index is 555. The quantitative estimate of drug-likeness (QED) is 0.436. The van der Waals surface area contributed by atoms with E-state index in [9.17, 15) is 9.59 Å². The van der Waals surface area contributed by atoms with Crippen LogP contribution in [0, 0.1) is 0 Å². The number of nitrogens with two attached hydrogens (primary N) is 2. The largest absolute Gasteiger partial charge is 0.368 e. The molecule has 0 fully saturated rings. The van der Waals surface area contributed by atoms with E-state index in [0.717, 1.165) is 18.4 Å². The van der Waals surface area contributed by atoms with Gasteiger partial charge >= 0.3 is 0 Å². The van der Waals surface area contributed by atoms with Gasteiger partial charge in [-0.25, -0.2) is 0 Å². The Morgan fingerprint density at radius 3 is 2.58 bits per heavy atom. The van der Waals surface area contributed by atoms with Crippen LogP contribution in [-0.4, -0.2) is 37.5 Å². The van der Waals surface area contributed by atoms with Crippen LogP contribution in [-0.2, 0) is 16.0 Å². The number of rotatable bonds is 11. The van der Waals surface area contributed by atoms with Crippen LogP contribution in [0.1, 0.15) is 24.8 Å². The lowest BCUT2D eigenvalue weighted by atomic mass is 10.1. The lowest BCUT2D eigenvalue weighted by molar-refractivity contribution is -0.127. The Morgan fingerprint density at radius 2 is 1.96 bits per heavy atom. The van der Waals surface area contributed by atoms with Crippen molar-refractivity contribution in [1.82, 2.24) is 10.6 Å². The first-order valence-corrected chi connectivity index (χ1v) is 8.63. The molecule has 24 heavy (non-hydrogen) atoms. The highest BCUT2D eigenvalue weighted by Gasteiger charge is 2.17. The molecule has 0 aromatic heterocycles. The molecule has 0 saturated heterocycles. The van der Waals surface area contributed by atoms with Crippen LogP contribution >= 0.6 is 23.2 Å². The molecule has 1 aromatic carbocycles. The summed E-state index contributed by atoms with van der Waals surface area (Å²) in [5, 5.41) is 6.83. The first-order valence-electron chi connectivity index (χ1n) is 7.87. The molecular weight excluding hydrogens is 351 g/mol. The molecule has 8 heteroatoms. The third-order valence-corrected chi connectivity index (χ3v) is 4.08. The van der Waals surface area contributed by atoms with Crippen molar-refractivity contribution in [3.8, 4) is 0 Å². The SMILES string of the molecule is NCCCCC(NC(=O)CNCCc1ccc(Cl)cc1Cl)C(N)=O. The second-order valence-corrected chi connectivity index (χ2v) is 6.31. The van der Waals surface area contributed by atoms with Crippen molar-refractivity contribution in [3.05, 3.63) is 33.8 Å². The summed E-state index contributed by atoms with van der Waals surface area (Å²) in [6, 6.07) is 4.65. The Hall–Kier alpha value is -1.34. The number of primary amides is 1. The number of halogens is 2. The van der Waals surface area contributed by atoms with E-state index < -0.39 is 11.9 Å². The summed E-state index contributed by atoms with van der Waals surface area (Å²) in [5.74, 6) is -0.804. The summed E-state index contributed by atoms with van der Waals surface area (Å²) in [4.78, 5) is 23.2. The van der Waals surface area contributed by atoms with Gasteiger partial charge < -0.3 is 22.1 Å². The summed E-state index contributed by atoms with van der Waals surface area (Å²) in [7, 11) is 0. The fourth-order valence-corrected chi connectivity index (χ4v) is 2.68. The van der Waals surface area contributed by atoms with Gasteiger partial charge in [-0.1, -0.05) is 29.3 Å². The van der Waals surface area contributed by atoms with Gasteiger partial charge in [0, 0.05) is 10.0 Å². The molecule has 1 rings (SSSR count). The van der Waals surface area contributed by atoms with E-state index in [2.05, 4.69) is 10.6 Å². The van der Waals surface area contributed by atoms with E-state index >= 15 is 0 Å². The van der Waals surface area contributed by atoms with Crippen molar-refractivity contribution in [2.24, 2.45) is 11.5 Å². The van der Waals surface area contributed by atoms with Crippen molar-refractivity contribution >= 4 is 35.0 Å². The molecule has 0 saturated carbocycles. The van der Waals surface area contributed by atoms with Crippen molar-refractivity contribution in [2.45, 2.75) is 31.7 Å². The molecule has 1 aromatic rings. The number of carbonyl (C=O) groups excluding carboxylic acids is 2. The highest BCUT2D eigenvalue weighted by atomic mass is 35.5. The summed E-state index contributed by atoms with van der Waals surface area (Å²) < 4.78 is 0. The van der Waals surface area contributed by atoms with Crippen molar-refractivity contribution in [2.75, 3.05) is 19.6 Å². The second kappa shape index (κ2) is 11.3. The van der Waals surface area contributed by atoms with Gasteiger partial charge in [-0.3, -0.25) is 9.59 Å². The first kappa shape index (κ1) is 20.7. The normalized spacial score (nSPS) is 12.0. The molecule has 0 heterocycles. The molecule has 2 amide bonds. The standard InChI is InChI=1S/C16H24Cl2N4O2/c17-12-5-4-11(13(18)9-12)6-8-21-10-15(23)22-14(16(20)24)3-1-2-7-19/h4-5,9,14,21H,1-3,6-8,10,19H2,(H2,20,24)(H,22,23). The van der Waals surface area contributed by atoms with E-state index in [-0.39, 0.29) is 12.5 Å². The number of unbranched alkanes of at least 4 members (excludes halogenated alkanes) is 1. The summed E-state index contributed by atoms with van der Waals surface area (Å²) in [6.45, 7) is 1.23. The van der Waals surface area contributed by atoms with Crippen molar-refractivity contribution in [3.63, 3.8) is 0 Å². The third-order valence-electron chi connectivity index (χ3n) is 3.50. The molecule has 0 aliphatic rings. The van der Waals surface area contributed by atoms with Gasteiger partial charge in [0.2, 0.25) is 11.8 Å². The Kier molecular flexibility index (Phi) is 9.71. The molecule has 0 spiro atoms. The van der Waals surface area contributed by atoms with Crippen LogP contribution in [0.4, 0.5) is 0 Å². The average Bonchev–Trinajstić information content (AvgIpc) is 2.52. The van der Waals surface area contributed by atoms with Crippen LogP contribution in [0.25, 0.3) is 0 Å². The zero-order valence-corrected chi connectivity index (χ0v) is 15.0. The molecule has 1 unspecified atom stereocenters. The number of carbonyl (C=O) groups is 2. The van der Waals surface area contributed by atoms with Crippen LogP contribution in [0.5, 0.6) is 0 Å². The van der Waals surface area contributed by atoms with Crippen molar-refractivity contribution < 1.29 is 9.59 Å². The average molecular weight is 375 g/mol. The van der Waals surface area contributed by atoms with Gasteiger partial charge in [0.05, 0.1) is 6.54 Å². The molecule has 6 N–H and O–H groups in total. The first-order chi connectivity index (χ1) is 11.4. The van der Waals surface area contributed by atoms with Gasteiger partial charge in [0.1, 0.15) is 6.04 Å². The highest BCUT2D eigenvalue weighted by Crippen LogP contribution is 2.20. The number of hydrogen-bond donors (Lipinski definition) is 4. The zero-order chi connectivity index (χ0) is 17.9. The fraction of sp³-hybridized carbons (Fsp3) is 0.500. The van der Waals surface area contributed by atoms with Crippen LogP contribution < -0.4 is 22.1 Å². The Labute approximate surface area is 152 Å². The van der Waals surface area contributed by atoms with E-state index in [4.69, 9.17) is 34.7 Å². The maximum atomic E-state index is 11.9. The molecule has 0 aliphatic carbocycles. The summed E-state index contributed by atoms with van der Waals surface area (Å²) in [5.41, 5.74) is 11.7. The second-order valence-electron chi connectivity index (χ2n) is 5.47. The predicted octanol–water partition coefficient (Wildman–Crippen LogP) is 1.22. The van der Waals surface area contributed by atoms with E-state index in [1.54, 1.807) is 12.1 Å². The minimum atomic E-state index is -0.656. The lowest BCUT2D eigenvalue weighted by Crippen LogP contribution is -2.47. The van der Waals surface area contributed by atoms with E-state index in [1.165, 1.54) is 0 Å². The van der Waals surface area contributed by atoms with Crippen LogP contribution in [0.3, 0.4) is 0 Å². The van der Waals surface area contributed by atoms with E-state index in [1.807, 2.05) is 6.07 Å². The maximum absolute atomic E-state index is 11.9. The number of amides is 2. The smallest absolute Gasteiger partial charge is 0.240 e. The molecule has 1 atom stereocenters. The minimum absolute atomic E-state index is 0.103. The molecule has 6 nitrogen and oxygen atoms in total. The molecule has 0 radical (unpaired) electrons.